The zero-order chi connectivity index (χ0) is 22.2. The van der Waals surface area contributed by atoms with Gasteiger partial charge in [0.2, 0.25) is 0 Å². The molecule has 0 aliphatic carbocycles. The third-order valence-electron chi connectivity index (χ3n) is 8.56. The van der Waals surface area contributed by atoms with Crippen LogP contribution in [0.3, 0.4) is 0 Å². The van der Waals surface area contributed by atoms with Crippen molar-refractivity contribution >= 4 is 0 Å². The summed E-state index contributed by atoms with van der Waals surface area (Å²) >= 11 is 0. The lowest BCUT2D eigenvalue weighted by atomic mass is 9.71. The monoisotopic (exact) mass is 422 g/mol. The van der Waals surface area contributed by atoms with Gasteiger partial charge in [0.25, 0.3) is 0 Å². The summed E-state index contributed by atoms with van der Waals surface area (Å²) in [6.07, 6.45) is 11.5. The summed E-state index contributed by atoms with van der Waals surface area (Å²) < 4.78 is 0. The molecule has 0 bridgehead atoms. The standard InChI is InChI=1S/C13H26N2.C11H22N2.C2H6/c1-12(2)15-8-4-5-13(11-15)6-9-14(3)10-7-13;1-12-7-3-11(4-8-12)5-9-13(2)10-6-11;1-2/h12H,4-11H2,1-3H3;3-10H2,1-2H3;1-2H3. The first kappa shape index (κ1) is 26.1. The largest absolute Gasteiger partial charge is 0.306 e. The summed E-state index contributed by atoms with van der Waals surface area (Å²) in [5.41, 5.74) is 1.41. The molecule has 4 saturated heterocycles. The lowest BCUT2D eigenvalue weighted by Crippen LogP contribution is -2.50. The van der Waals surface area contributed by atoms with Gasteiger partial charge in [-0.2, -0.15) is 0 Å². The Morgan fingerprint density at radius 2 is 0.900 bits per heavy atom. The fourth-order valence-electron chi connectivity index (χ4n) is 5.87. The number of rotatable bonds is 1. The molecule has 0 aromatic carbocycles. The van der Waals surface area contributed by atoms with Gasteiger partial charge in [0, 0.05) is 12.6 Å². The van der Waals surface area contributed by atoms with Gasteiger partial charge in [0.1, 0.15) is 0 Å². The van der Waals surface area contributed by atoms with Crippen molar-refractivity contribution in [3.8, 4) is 0 Å². The van der Waals surface area contributed by atoms with E-state index in [9.17, 15) is 0 Å². The van der Waals surface area contributed by atoms with Gasteiger partial charge in [0.05, 0.1) is 0 Å². The quantitative estimate of drug-likeness (QED) is 0.609. The SMILES string of the molecule is CC.CC(C)N1CCCC2(CCN(C)CC2)C1.CN1CCC2(CC1)CCN(C)CC2. The van der Waals surface area contributed by atoms with E-state index in [-0.39, 0.29) is 0 Å². The second-order valence-corrected chi connectivity index (χ2v) is 11.1. The van der Waals surface area contributed by atoms with E-state index in [0.717, 1.165) is 11.5 Å². The predicted molar refractivity (Wildman–Crippen MR) is 132 cm³/mol. The van der Waals surface area contributed by atoms with Crippen LogP contribution in [0, 0.1) is 10.8 Å². The van der Waals surface area contributed by atoms with Crippen LogP contribution in [-0.2, 0) is 0 Å². The minimum absolute atomic E-state index is 0.676. The summed E-state index contributed by atoms with van der Waals surface area (Å²) in [6.45, 7) is 19.3. The summed E-state index contributed by atoms with van der Waals surface area (Å²) in [4.78, 5) is 10.1. The van der Waals surface area contributed by atoms with Crippen LogP contribution in [-0.4, -0.2) is 99.1 Å². The van der Waals surface area contributed by atoms with Gasteiger partial charge in [-0.05, 0) is 143 Å². The minimum Gasteiger partial charge on any atom is -0.306 e. The van der Waals surface area contributed by atoms with Crippen LogP contribution in [0.1, 0.15) is 79.1 Å². The third-order valence-corrected chi connectivity index (χ3v) is 8.56. The zero-order valence-corrected chi connectivity index (χ0v) is 21.7. The van der Waals surface area contributed by atoms with Gasteiger partial charge in [0.15, 0.2) is 0 Å². The molecule has 4 fully saturated rings. The lowest BCUT2D eigenvalue weighted by molar-refractivity contribution is 0.0178. The van der Waals surface area contributed by atoms with Crippen LogP contribution >= 0.6 is 0 Å². The van der Waals surface area contributed by atoms with Gasteiger partial charge in [-0.15, -0.1) is 0 Å². The van der Waals surface area contributed by atoms with E-state index < -0.39 is 0 Å². The van der Waals surface area contributed by atoms with Crippen molar-refractivity contribution in [1.29, 1.82) is 0 Å². The molecule has 4 aliphatic heterocycles. The van der Waals surface area contributed by atoms with E-state index in [2.05, 4.69) is 54.6 Å². The number of hydrogen-bond acceptors (Lipinski definition) is 4. The Labute approximate surface area is 189 Å². The fraction of sp³-hybridized carbons (Fsp3) is 1.00. The van der Waals surface area contributed by atoms with Crippen LogP contribution in [0.15, 0.2) is 0 Å². The van der Waals surface area contributed by atoms with E-state index in [1.807, 2.05) is 13.8 Å². The normalized spacial score (nSPS) is 28.0. The lowest BCUT2D eigenvalue weighted by Gasteiger charge is -2.48. The van der Waals surface area contributed by atoms with Crippen molar-refractivity contribution in [3.05, 3.63) is 0 Å². The smallest absolute Gasteiger partial charge is 0.00416 e. The van der Waals surface area contributed by atoms with Crippen LogP contribution in [0.2, 0.25) is 0 Å². The first-order valence-corrected chi connectivity index (χ1v) is 13.1. The van der Waals surface area contributed by atoms with E-state index >= 15 is 0 Å². The highest BCUT2D eigenvalue weighted by atomic mass is 15.2. The van der Waals surface area contributed by atoms with Crippen LogP contribution in [0.5, 0.6) is 0 Å². The van der Waals surface area contributed by atoms with Crippen LogP contribution < -0.4 is 0 Å². The Morgan fingerprint density at radius 3 is 1.27 bits per heavy atom. The van der Waals surface area contributed by atoms with Crippen molar-refractivity contribution in [2.75, 3.05) is 73.5 Å². The molecule has 0 radical (unpaired) electrons. The molecular formula is C26H54N4. The maximum atomic E-state index is 2.69. The first-order chi connectivity index (χ1) is 14.3. The average molecular weight is 423 g/mol. The fourth-order valence-corrected chi connectivity index (χ4v) is 5.87. The molecule has 4 heterocycles. The Bertz CT molecular complexity index is 430. The van der Waals surface area contributed by atoms with Gasteiger partial charge in [-0.1, -0.05) is 13.8 Å². The van der Waals surface area contributed by atoms with Crippen molar-refractivity contribution < 1.29 is 0 Å². The number of nitrogens with zero attached hydrogens (tertiary/aromatic N) is 4. The molecular weight excluding hydrogens is 368 g/mol. The molecule has 4 rings (SSSR count). The van der Waals surface area contributed by atoms with E-state index in [0.29, 0.717) is 5.41 Å². The maximum absolute atomic E-state index is 2.69. The van der Waals surface area contributed by atoms with E-state index in [4.69, 9.17) is 0 Å². The van der Waals surface area contributed by atoms with Crippen molar-refractivity contribution in [2.24, 2.45) is 10.8 Å². The molecule has 4 heteroatoms. The Balaban J connectivity index is 0.000000199. The molecule has 0 atom stereocenters. The topological polar surface area (TPSA) is 13.0 Å². The molecule has 2 spiro atoms. The molecule has 30 heavy (non-hydrogen) atoms. The molecule has 4 nitrogen and oxygen atoms in total. The number of piperidine rings is 4. The van der Waals surface area contributed by atoms with Crippen molar-refractivity contribution in [2.45, 2.75) is 85.1 Å². The van der Waals surface area contributed by atoms with Crippen molar-refractivity contribution in [1.82, 2.24) is 19.6 Å². The Hall–Kier alpha value is -0.160. The van der Waals surface area contributed by atoms with Gasteiger partial charge in [-0.25, -0.2) is 0 Å². The van der Waals surface area contributed by atoms with E-state index in [1.165, 1.54) is 104 Å². The molecule has 4 aliphatic rings. The maximum Gasteiger partial charge on any atom is 0.00416 e. The number of likely N-dealkylation sites (tertiary alicyclic amines) is 4. The minimum atomic E-state index is 0.676. The second-order valence-electron chi connectivity index (χ2n) is 11.1. The third kappa shape index (κ3) is 7.46. The molecule has 0 unspecified atom stereocenters. The predicted octanol–water partition coefficient (Wildman–Crippen LogP) is 4.65. The van der Waals surface area contributed by atoms with Gasteiger partial charge >= 0.3 is 0 Å². The highest BCUT2D eigenvalue weighted by Gasteiger charge is 2.38. The van der Waals surface area contributed by atoms with Crippen LogP contribution in [0.25, 0.3) is 0 Å². The molecule has 0 aromatic rings. The Morgan fingerprint density at radius 1 is 0.533 bits per heavy atom. The molecule has 0 saturated carbocycles. The molecule has 0 aromatic heterocycles. The van der Waals surface area contributed by atoms with E-state index in [1.54, 1.807) is 0 Å². The van der Waals surface area contributed by atoms with Crippen LogP contribution in [0.4, 0.5) is 0 Å². The zero-order valence-electron chi connectivity index (χ0n) is 21.7. The average Bonchev–Trinajstić information content (AvgIpc) is 2.77. The molecule has 178 valence electrons. The summed E-state index contributed by atoms with van der Waals surface area (Å²) in [5.74, 6) is 0. The second kappa shape index (κ2) is 12.2. The van der Waals surface area contributed by atoms with Crippen molar-refractivity contribution in [3.63, 3.8) is 0 Å². The summed E-state index contributed by atoms with van der Waals surface area (Å²) in [6, 6.07) is 0.738. The Kier molecular flexibility index (Phi) is 10.6. The highest BCUT2D eigenvalue weighted by Crippen LogP contribution is 2.41. The molecule has 0 amide bonds. The first-order valence-electron chi connectivity index (χ1n) is 13.1. The molecule has 0 N–H and O–H groups in total. The van der Waals surface area contributed by atoms with Gasteiger partial charge < -0.3 is 19.6 Å². The highest BCUT2D eigenvalue weighted by molar-refractivity contribution is 4.92. The summed E-state index contributed by atoms with van der Waals surface area (Å²) in [5, 5.41) is 0. The number of hydrogen-bond donors (Lipinski definition) is 0. The summed E-state index contributed by atoms with van der Waals surface area (Å²) in [7, 11) is 6.76. The van der Waals surface area contributed by atoms with Gasteiger partial charge in [-0.3, -0.25) is 0 Å².